The molecule has 0 saturated carbocycles. The van der Waals surface area contributed by atoms with E-state index in [2.05, 4.69) is 54.0 Å². The number of aldehydes is 1. The standard InChI is InChI=1S/C19H15NO/c1-2-20-18-10-7-13(12-21)11-17(18)16-9-8-14-5-3-4-6-15(14)19(16)20/h3-12H,2H2,1H3. The van der Waals surface area contributed by atoms with Gasteiger partial charge in [-0.15, -0.1) is 0 Å². The highest BCUT2D eigenvalue weighted by Gasteiger charge is 2.12. The number of carbonyl (C=O) groups is 1. The first-order valence-electron chi connectivity index (χ1n) is 7.22. The highest BCUT2D eigenvalue weighted by atomic mass is 16.1. The molecule has 0 fully saturated rings. The van der Waals surface area contributed by atoms with Gasteiger partial charge < -0.3 is 4.57 Å². The zero-order valence-electron chi connectivity index (χ0n) is 11.8. The Labute approximate surface area is 122 Å². The molecule has 1 aromatic heterocycles. The molecule has 102 valence electrons. The molecule has 0 spiro atoms. The fraction of sp³-hybridized carbons (Fsp3) is 0.105. The molecule has 0 saturated heterocycles. The van der Waals surface area contributed by atoms with Gasteiger partial charge in [-0.3, -0.25) is 4.79 Å². The Morgan fingerprint density at radius 1 is 0.952 bits per heavy atom. The van der Waals surface area contributed by atoms with Gasteiger partial charge in [-0.05, 0) is 30.5 Å². The Bertz CT molecular complexity index is 995. The minimum Gasteiger partial charge on any atom is -0.340 e. The normalized spacial score (nSPS) is 11.5. The molecule has 0 aliphatic carbocycles. The predicted octanol–water partition coefficient (Wildman–Crippen LogP) is 4.78. The van der Waals surface area contributed by atoms with Gasteiger partial charge in [-0.25, -0.2) is 0 Å². The average Bonchev–Trinajstić information content (AvgIpc) is 2.88. The number of aryl methyl sites for hydroxylation is 1. The van der Waals surface area contributed by atoms with Gasteiger partial charge in [0, 0.05) is 33.8 Å². The minimum absolute atomic E-state index is 0.728. The van der Waals surface area contributed by atoms with Crippen molar-refractivity contribution in [3.05, 3.63) is 60.2 Å². The molecule has 0 atom stereocenters. The lowest BCUT2D eigenvalue weighted by molar-refractivity contribution is 0.112. The first-order valence-corrected chi connectivity index (χ1v) is 7.22. The number of rotatable bonds is 2. The summed E-state index contributed by atoms with van der Waals surface area (Å²) in [6.07, 6.45) is 0.912. The van der Waals surface area contributed by atoms with E-state index in [0.717, 1.165) is 23.8 Å². The van der Waals surface area contributed by atoms with Crippen LogP contribution in [0.5, 0.6) is 0 Å². The lowest BCUT2D eigenvalue weighted by atomic mass is 10.1. The Morgan fingerprint density at radius 2 is 1.81 bits per heavy atom. The van der Waals surface area contributed by atoms with Crippen LogP contribution < -0.4 is 0 Å². The summed E-state index contributed by atoms with van der Waals surface area (Å²) >= 11 is 0. The van der Waals surface area contributed by atoms with Gasteiger partial charge in [0.2, 0.25) is 0 Å². The summed E-state index contributed by atoms with van der Waals surface area (Å²) in [6.45, 7) is 3.07. The van der Waals surface area contributed by atoms with Crippen molar-refractivity contribution in [2.24, 2.45) is 0 Å². The molecule has 4 aromatic rings. The molecule has 1 heterocycles. The quantitative estimate of drug-likeness (QED) is 0.482. The van der Waals surface area contributed by atoms with Gasteiger partial charge in [0.1, 0.15) is 6.29 Å². The summed E-state index contributed by atoms with van der Waals surface area (Å²) in [5.41, 5.74) is 3.17. The third-order valence-corrected chi connectivity index (χ3v) is 4.22. The van der Waals surface area contributed by atoms with Crippen molar-refractivity contribution in [3.8, 4) is 0 Å². The lowest BCUT2D eigenvalue weighted by Gasteiger charge is -2.06. The molecule has 0 aliphatic heterocycles. The van der Waals surface area contributed by atoms with Gasteiger partial charge in [0.25, 0.3) is 0 Å². The third kappa shape index (κ3) is 1.62. The first-order chi connectivity index (χ1) is 10.3. The molecule has 0 aliphatic rings. The Kier molecular flexibility index (Phi) is 2.58. The molecule has 0 amide bonds. The van der Waals surface area contributed by atoms with Gasteiger partial charge in [0.05, 0.1) is 5.52 Å². The number of fused-ring (bicyclic) bond motifs is 5. The molecule has 2 heteroatoms. The van der Waals surface area contributed by atoms with Crippen molar-refractivity contribution in [2.75, 3.05) is 0 Å². The third-order valence-electron chi connectivity index (χ3n) is 4.22. The van der Waals surface area contributed by atoms with Crippen LogP contribution in [-0.2, 0) is 6.54 Å². The van der Waals surface area contributed by atoms with E-state index in [9.17, 15) is 4.79 Å². The van der Waals surface area contributed by atoms with Crippen molar-refractivity contribution < 1.29 is 4.79 Å². The highest BCUT2D eigenvalue weighted by Crippen LogP contribution is 2.34. The summed E-state index contributed by atoms with van der Waals surface area (Å²) in [5.74, 6) is 0. The van der Waals surface area contributed by atoms with E-state index >= 15 is 0 Å². The van der Waals surface area contributed by atoms with E-state index in [1.807, 2.05) is 12.1 Å². The van der Waals surface area contributed by atoms with Crippen LogP contribution in [0.4, 0.5) is 0 Å². The maximum absolute atomic E-state index is 11.1. The summed E-state index contributed by atoms with van der Waals surface area (Å²) < 4.78 is 2.33. The van der Waals surface area contributed by atoms with Gasteiger partial charge in [-0.1, -0.05) is 36.4 Å². The maximum atomic E-state index is 11.1. The molecule has 21 heavy (non-hydrogen) atoms. The second kappa shape index (κ2) is 4.45. The minimum atomic E-state index is 0.728. The van der Waals surface area contributed by atoms with Crippen molar-refractivity contribution in [2.45, 2.75) is 13.5 Å². The average molecular weight is 273 g/mol. The van der Waals surface area contributed by atoms with Crippen LogP contribution in [0.2, 0.25) is 0 Å². The summed E-state index contributed by atoms with van der Waals surface area (Å²) in [5, 5.41) is 4.88. The topological polar surface area (TPSA) is 22.0 Å². The summed E-state index contributed by atoms with van der Waals surface area (Å²) in [4.78, 5) is 11.1. The van der Waals surface area contributed by atoms with Gasteiger partial charge in [0.15, 0.2) is 0 Å². The zero-order valence-corrected chi connectivity index (χ0v) is 11.8. The molecular formula is C19H15NO. The lowest BCUT2D eigenvalue weighted by Crippen LogP contribution is -1.93. The number of nitrogens with zero attached hydrogens (tertiary/aromatic N) is 1. The van der Waals surface area contributed by atoms with Crippen molar-refractivity contribution in [1.29, 1.82) is 0 Å². The van der Waals surface area contributed by atoms with E-state index < -0.39 is 0 Å². The molecule has 0 unspecified atom stereocenters. The smallest absolute Gasteiger partial charge is 0.150 e. The second-order valence-electron chi connectivity index (χ2n) is 5.32. The summed E-state index contributed by atoms with van der Waals surface area (Å²) in [7, 11) is 0. The first kappa shape index (κ1) is 12.2. The van der Waals surface area contributed by atoms with Crippen molar-refractivity contribution in [3.63, 3.8) is 0 Å². The zero-order chi connectivity index (χ0) is 14.4. The predicted molar refractivity (Wildman–Crippen MR) is 88.0 cm³/mol. The molecule has 0 radical (unpaired) electrons. The molecule has 4 rings (SSSR count). The van der Waals surface area contributed by atoms with Crippen LogP contribution in [0.3, 0.4) is 0 Å². The Balaban J connectivity index is 2.30. The van der Waals surface area contributed by atoms with E-state index in [1.54, 1.807) is 0 Å². The van der Waals surface area contributed by atoms with Crippen LogP contribution in [0.25, 0.3) is 32.6 Å². The monoisotopic (exact) mass is 273 g/mol. The maximum Gasteiger partial charge on any atom is 0.150 e. The Morgan fingerprint density at radius 3 is 2.62 bits per heavy atom. The van der Waals surface area contributed by atoms with Crippen LogP contribution >= 0.6 is 0 Å². The molecule has 0 bridgehead atoms. The van der Waals surface area contributed by atoms with Crippen molar-refractivity contribution in [1.82, 2.24) is 4.57 Å². The fourth-order valence-corrected chi connectivity index (χ4v) is 3.29. The van der Waals surface area contributed by atoms with Crippen LogP contribution in [-0.4, -0.2) is 10.9 Å². The molecule has 0 N–H and O–H groups in total. The number of aromatic nitrogens is 1. The van der Waals surface area contributed by atoms with Gasteiger partial charge in [-0.2, -0.15) is 0 Å². The highest BCUT2D eigenvalue weighted by molar-refractivity contribution is 6.18. The van der Waals surface area contributed by atoms with Crippen LogP contribution in [0.15, 0.2) is 54.6 Å². The second-order valence-corrected chi connectivity index (χ2v) is 5.32. The van der Waals surface area contributed by atoms with E-state index in [4.69, 9.17) is 0 Å². The van der Waals surface area contributed by atoms with Gasteiger partial charge >= 0.3 is 0 Å². The van der Waals surface area contributed by atoms with E-state index in [-0.39, 0.29) is 0 Å². The van der Waals surface area contributed by atoms with Crippen molar-refractivity contribution >= 4 is 38.9 Å². The number of benzene rings is 3. The summed E-state index contributed by atoms with van der Waals surface area (Å²) in [6, 6.07) is 18.7. The number of hydrogen-bond donors (Lipinski definition) is 0. The van der Waals surface area contributed by atoms with Crippen LogP contribution in [0.1, 0.15) is 17.3 Å². The van der Waals surface area contributed by atoms with E-state index in [0.29, 0.717) is 0 Å². The molecular weight excluding hydrogens is 258 g/mol. The van der Waals surface area contributed by atoms with E-state index in [1.165, 1.54) is 27.2 Å². The van der Waals surface area contributed by atoms with Crippen LogP contribution in [0, 0.1) is 0 Å². The Hall–Kier alpha value is -2.61. The number of carbonyl (C=O) groups excluding carboxylic acids is 1. The molecule has 2 nitrogen and oxygen atoms in total. The largest absolute Gasteiger partial charge is 0.340 e. The fourth-order valence-electron chi connectivity index (χ4n) is 3.29. The molecule has 3 aromatic carbocycles. The SMILES string of the molecule is CCn1c2ccc(C=O)cc2c2ccc3ccccc3c21. The number of hydrogen-bond acceptors (Lipinski definition) is 1.